The highest BCUT2D eigenvalue weighted by molar-refractivity contribution is 5.33. The van der Waals surface area contributed by atoms with Crippen LogP contribution in [0.3, 0.4) is 0 Å². The predicted octanol–water partition coefficient (Wildman–Crippen LogP) is 3.40. The molecule has 3 rings (SSSR count). The molecule has 0 amide bonds. The van der Waals surface area contributed by atoms with Gasteiger partial charge < -0.3 is 4.90 Å². The minimum Gasteiger partial charge on any atom is -0.305 e. The van der Waals surface area contributed by atoms with Crippen molar-refractivity contribution in [2.75, 3.05) is 27.2 Å². The molecule has 1 fully saturated rings. The molecule has 0 aliphatic carbocycles. The molecule has 0 spiro atoms. The number of likely N-dealkylation sites (N-methyl/N-ethyl adjacent to an activating group) is 1. The molecule has 3 nitrogen and oxygen atoms in total. The average molecular weight is 319 g/mol. The first-order valence-corrected chi connectivity index (χ1v) is 8.51. The molecule has 1 saturated heterocycles. The fourth-order valence-corrected chi connectivity index (χ4v) is 3.66. The quantitative estimate of drug-likeness (QED) is 0.865. The van der Waals surface area contributed by atoms with Gasteiger partial charge in [0, 0.05) is 31.6 Å². The summed E-state index contributed by atoms with van der Waals surface area (Å²) in [5.74, 6) is 0.528. The van der Waals surface area contributed by atoms with Crippen molar-refractivity contribution < 1.29 is 0 Å². The first-order chi connectivity index (χ1) is 11.6. The van der Waals surface area contributed by atoms with Crippen molar-refractivity contribution in [3.05, 3.63) is 70.8 Å². The van der Waals surface area contributed by atoms with Crippen molar-refractivity contribution in [3.63, 3.8) is 0 Å². The van der Waals surface area contributed by atoms with Crippen LogP contribution in [0, 0.1) is 18.3 Å². The number of rotatable bonds is 4. The largest absolute Gasteiger partial charge is 0.305 e. The lowest BCUT2D eigenvalue weighted by atomic mass is 9.93. The van der Waals surface area contributed by atoms with Crippen LogP contribution in [0.2, 0.25) is 0 Å². The lowest BCUT2D eigenvalue weighted by molar-refractivity contribution is 0.260. The number of likely N-dealkylation sites (tertiary alicyclic amines) is 1. The maximum atomic E-state index is 9.08. The van der Waals surface area contributed by atoms with Crippen molar-refractivity contribution in [3.8, 4) is 6.07 Å². The Morgan fingerprint density at radius 3 is 2.54 bits per heavy atom. The predicted molar refractivity (Wildman–Crippen MR) is 97.8 cm³/mol. The van der Waals surface area contributed by atoms with E-state index in [1.165, 1.54) is 16.7 Å². The van der Waals surface area contributed by atoms with Crippen molar-refractivity contribution in [2.45, 2.75) is 25.4 Å². The van der Waals surface area contributed by atoms with Crippen LogP contribution in [0.1, 0.15) is 28.2 Å². The second-order valence-electron chi connectivity index (χ2n) is 7.05. The van der Waals surface area contributed by atoms with Gasteiger partial charge in [-0.2, -0.15) is 5.26 Å². The van der Waals surface area contributed by atoms with Gasteiger partial charge in [-0.15, -0.1) is 0 Å². The second kappa shape index (κ2) is 7.17. The van der Waals surface area contributed by atoms with E-state index in [0.717, 1.165) is 25.2 Å². The molecule has 3 heteroatoms. The third kappa shape index (κ3) is 3.67. The van der Waals surface area contributed by atoms with E-state index in [1.807, 2.05) is 18.2 Å². The zero-order chi connectivity index (χ0) is 17.1. The third-order valence-electron chi connectivity index (χ3n) is 5.00. The van der Waals surface area contributed by atoms with Crippen molar-refractivity contribution in [1.82, 2.24) is 9.80 Å². The fraction of sp³-hybridized carbons (Fsp3) is 0.381. The Morgan fingerprint density at radius 2 is 1.88 bits per heavy atom. The van der Waals surface area contributed by atoms with Gasteiger partial charge in [-0.1, -0.05) is 42.0 Å². The van der Waals surface area contributed by atoms with E-state index < -0.39 is 0 Å². The highest BCUT2D eigenvalue weighted by Gasteiger charge is 2.34. The standard InChI is InChI=1S/C21H25N3/c1-16-7-9-19(10-8-16)20-14-24(15-21(20)23(2)3)13-18-6-4-5-17(11-18)12-22/h4-11,20-21H,13-15H2,1-3H3/t20-,21+/m0/s1. The van der Waals surface area contributed by atoms with Gasteiger partial charge in [0.25, 0.3) is 0 Å². The highest BCUT2D eigenvalue weighted by atomic mass is 15.2. The monoisotopic (exact) mass is 319 g/mol. The van der Waals surface area contributed by atoms with Crippen molar-refractivity contribution in [1.29, 1.82) is 5.26 Å². The maximum absolute atomic E-state index is 9.08. The molecule has 0 N–H and O–H groups in total. The summed E-state index contributed by atoms with van der Waals surface area (Å²) in [4.78, 5) is 4.85. The maximum Gasteiger partial charge on any atom is 0.0991 e. The van der Waals surface area contributed by atoms with E-state index in [1.54, 1.807) is 0 Å². The fourth-order valence-electron chi connectivity index (χ4n) is 3.66. The number of hydrogen-bond donors (Lipinski definition) is 0. The van der Waals surface area contributed by atoms with Crippen LogP contribution < -0.4 is 0 Å². The van der Waals surface area contributed by atoms with Crippen LogP contribution in [0.4, 0.5) is 0 Å². The van der Waals surface area contributed by atoms with Crippen molar-refractivity contribution in [2.24, 2.45) is 0 Å². The van der Waals surface area contributed by atoms with Gasteiger partial charge >= 0.3 is 0 Å². The van der Waals surface area contributed by atoms with Crippen LogP contribution in [0.15, 0.2) is 48.5 Å². The van der Waals surface area contributed by atoms with E-state index in [-0.39, 0.29) is 0 Å². The molecular weight excluding hydrogens is 294 g/mol. The number of benzene rings is 2. The highest BCUT2D eigenvalue weighted by Crippen LogP contribution is 2.31. The molecule has 1 aliphatic rings. The molecular formula is C21H25N3. The van der Waals surface area contributed by atoms with Crippen molar-refractivity contribution >= 4 is 0 Å². The van der Waals surface area contributed by atoms with E-state index in [0.29, 0.717) is 12.0 Å². The van der Waals surface area contributed by atoms with Crippen LogP contribution in [-0.4, -0.2) is 43.0 Å². The SMILES string of the molecule is Cc1ccc([C@@H]2CN(Cc3cccc(C#N)c3)C[C@H]2N(C)C)cc1. The lowest BCUT2D eigenvalue weighted by Gasteiger charge is -2.25. The molecule has 0 aromatic heterocycles. The third-order valence-corrected chi connectivity index (χ3v) is 5.00. The molecule has 0 bridgehead atoms. The lowest BCUT2D eigenvalue weighted by Crippen LogP contribution is -2.34. The molecule has 24 heavy (non-hydrogen) atoms. The summed E-state index contributed by atoms with van der Waals surface area (Å²) >= 11 is 0. The zero-order valence-corrected chi connectivity index (χ0v) is 14.7. The van der Waals surface area contributed by atoms with E-state index in [9.17, 15) is 0 Å². The van der Waals surface area contributed by atoms with Crippen LogP contribution >= 0.6 is 0 Å². The Balaban J connectivity index is 1.77. The van der Waals surface area contributed by atoms with Crippen LogP contribution in [-0.2, 0) is 6.54 Å². The topological polar surface area (TPSA) is 30.3 Å². The molecule has 1 aliphatic heterocycles. The summed E-state index contributed by atoms with van der Waals surface area (Å²) in [6, 6.07) is 19.7. The molecule has 0 unspecified atom stereocenters. The first-order valence-electron chi connectivity index (χ1n) is 8.51. The van der Waals surface area contributed by atoms with Gasteiger partial charge in [-0.3, -0.25) is 4.90 Å². The van der Waals surface area contributed by atoms with E-state index in [2.05, 4.69) is 67.2 Å². The smallest absolute Gasteiger partial charge is 0.0991 e. The number of nitriles is 1. The van der Waals surface area contributed by atoms with Crippen LogP contribution in [0.5, 0.6) is 0 Å². The van der Waals surface area contributed by atoms with Gasteiger partial charge in [-0.25, -0.2) is 0 Å². The Kier molecular flexibility index (Phi) is 4.99. The summed E-state index contributed by atoms with van der Waals surface area (Å²) < 4.78 is 0. The minimum absolute atomic E-state index is 0.520. The molecule has 0 radical (unpaired) electrons. The van der Waals surface area contributed by atoms with E-state index >= 15 is 0 Å². The Hall–Kier alpha value is -2.15. The van der Waals surface area contributed by atoms with Gasteiger partial charge in [0.2, 0.25) is 0 Å². The second-order valence-corrected chi connectivity index (χ2v) is 7.05. The van der Waals surface area contributed by atoms with Gasteiger partial charge in [0.15, 0.2) is 0 Å². The minimum atomic E-state index is 0.520. The van der Waals surface area contributed by atoms with Gasteiger partial charge in [0.05, 0.1) is 11.6 Å². The number of aryl methyl sites for hydroxylation is 1. The Morgan fingerprint density at radius 1 is 1.12 bits per heavy atom. The molecule has 124 valence electrons. The molecule has 2 aromatic carbocycles. The van der Waals surface area contributed by atoms with Gasteiger partial charge in [0.1, 0.15) is 0 Å². The molecule has 2 aromatic rings. The molecule has 0 saturated carbocycles. The number of hydrogen-bond acceptors (Lipinski definition) is 3. The summed E-state index contributed by atoms with van der Waals surface area (Å²) in [6.07, 6.45) is 0. The Labute approximate surface area is 145 Å². The molecule has 2 atom stereocenters. The Bertz CT molecular complexity index is 727. The molecule has 1 heterocycles. The number of nitrogens with zero attached hydrogens (tertiary/aromatic N) is 3. The van der Waals surface area contributed by atoms with Crippen LogP contribution in [0.25, 0.3) is 0 Å². The van der Waals surface area contributed by atoms with E-state index in [4.69, 9.17) is 5.26 Å². The first kappa shape index (κ1) is 16.7. The normalized spacial score (nSPS) is 21.1. The average Bonchev–Trinajstić information content (AvgIpc) is 3.00. The summed E-state index contributed by atoms with van der Waals surface area (Å²) in [7, 11) is 4.34. The summed E-state index contributed by atoms with van der Waals surface area (Å²) in [6.45, 7) is 5.16. The summed E-state index contributed by atoms with van der Waals surface area (Å²) in [5, 5.41) is 9.08. The summed E-state index contributed by atoms with van der Waals surface area (Å²) in [5.41, 5.74) is 4.69. The van der Waals surface area contributed by atoms with Gasteiger partial charge in [-0.05, 0) is 44.3 Å². The zero-order valence-electron chi connectivity index (χ0n) is 14.7.